The first-order chi connectivity index (χ1) is 10.5. The van der Waals surface area contributed by atoms with Gasteiger partial charge < -0.3 is 5.11 Å². The molecule has 108 valence electrons. The fourth-order valence-corrected chi connectivity index (χ4v) is 1.83. The van der Waals surface area contributed by atoms with Crippen molar-refractivity contribution >= 4 is 11.4 Å². The molecule has 0 aliphatic carbocycles. The van der Waals surface area contributed by atoms with Crippen molar-refractivity contribution in [3.05, 3.63) is 51.3 Å². The SMILES string of the molecule is Cc1c(C#N)c(O)n(C)c(=O)c1N=Nc1ccc(C#N)cc1. The van der Waals surface area contributed by atoms with E-state index in [1.54, 1.807) is 24.3 Å². The molecule has 7 nitrogen and oxygen atoms in total. The molecule has 0 amide bonds. The van der Waals surface area contributed by atoms with Crippen LogP contribution in [0.25, 0.3) is 0 Å². The quantitative estimate of drug-likeness (QED) is 0.856. The van der Waals surface area contributed by atoms with E-state index >= 15 is 0 Å². The maximum Gasteiger partial charge on any atom is 0.281 e. The van der Waals surface area contributed by atoms with Crippen molar-refractivity contribution in [3.63, 3.8) is 0 Å². The van der Waals surface area contributed by atoms with E-state index in [0.717, 1.165) is 4.57 Å². The van der Waals surface area contributed by atoms with Crippen LogP contribution in [0.5, 0.6) is 5.88 Å². The maximum absolute atomic E-state index is 12.1. The van der Waals surface area contributed by atoms with Crippen LogP contribution in [0.3, 0.4) is 0 Å². The topological polar surface area (TPSA) is 115 Å². The highest BCUT2D eigenvalue weighted by atomic mass is 16.3. The van der Waals surface area contributed by atoms with Gasteiger partial charge in [0, 0.05) is 12.6 Å². The van der Waals surface area contributed by atoms with E-state index in [9.17, 15) is 9.90 Å². The van der Waals surface area contributed by atoms with E-state index in [4.69, 9.17) is 10.5 Å². The van der Waals surface area contributed by atoms with Crippen LogP contribution in [-0.2, 0) is 7.05 Å². The molecular weight excluding hydrogens is 282 g/mol. The lowest BCUT2D eigenvalue weighted by atomic mass is 10.1. The molecule has 1 aromatic heterocycles. The average molecular weight is 293 g/mol. The number of pyridine rings is 1. The second kappa shape index (κ2) is 5.90. The highest BCUT2D eigenvalue weighted by Gasteiger charge is 2.16. The number of aromatic nitrogens is 1. The van der Waals surface area contributed by atoms with E-state index in [-0.39, 0.29) is 16.8 Å². The van der Waals surface area contributed by atoms with Crippen LogP contribution in [0.4, 0.5) is 11.4 Å². The number of azo groups is 1. The standard InChI is InChI=1S/C15H11N5O2/c1-9-12(8-17)14(21)20(2)15(22)13(9)19-18-11-5-3-10(7-16)4-6-11/h3-6,21H,1-2H3. The summed E-state index contributed by atoms with van der Waals surface area (Å²) in [5.74, 6) is -0.401. The zero-order chi connectivity index (χ0) is 16.3. The van der Waals surface area contributed by atoms with Crippen molar-refractivity contribution in [2.45, 2.75) is 6.92 Å². The van der Waals surface area contributed by atoms with Crippen molar-refractivity contribution in [1.82, 2.24) is 4.57 Å². The molecule has 0 aliphatic heterocycles. The van der Waals surface area contributed by atoms with E-state index in [1.807, 2.05) is 12.1 Å². The average Bonchev–Trinajstić information content (AvgIpc) is 2.54. The molecule has 0 atom stereocenters. The smallest absolute Gasteiger partial charge is 0.281 e. The number of nitriles is 2. The number of rotatable bonds is 2. The van der Waals surface area contributed by atoms with Crippen molar-refractivity contribution in [1.29, 1.82) is 10.5 Å². The minimum Gasteiger partial charge on any atom is -0.493 e. The molecule has 22 heavy (non-hydrogen) atoms. The van der Waals surface area contributed by atoms with E-state index in [1.165, 1.54) is 14.0 Å². The lowest BCUT2D eigenvalue weighted by Crippen LogP contribution is -2.18. The van der Waals surface area contributed by atoms with Crippen molar-refractivity contribution in [2.75, 3.05) is 0 Å². The highest BCUT2D eigenvalue weighted by Crippen LogP contribution is 2.26. The molecule has 7 heteroatoms. The van der Waals surface area contributed by atoms with Gasteiger partial charge in [-0.15, -0.1) is 5.11 Å². The van der Waals surface area contributed by atoms with E-state index < -0.39 is 11.4 Å². The van der Waals surface area contributed by atoms with Gasteiger partial charge in [-0.25, -0.2) is 0 Å². The molecule has 2 aromatic rings. The first-order valence-corrected chi connectivity index (χ1v) is 6.24. The molecule has 0 saturated heterocycles. The summed E-state index contributed by atoms with van der Waals surface area (Å²) in [4.78, 5) is 12.1. The Morgan fingerprint density at radius 2 is 1.77 bits per heavy atom. The lowest BCUT2D eigenvalue weighted by Gasteiger charge is -2.08. The van der Waals surface area contributed by atoms with Gasteiger partial charge in [-0.1, -0.05) is 0 Å². The number of benzene rings is 1. The molecule has 0 unspecified atom stereocenters. The molecule has 0 fully saturated rings. The lowest BCUT2D eigenvalue weighted by molar-refractivity contribution is 0.421. The molecule has 0 spiro atoms. The fraction of sp³-hybridized carbons (Fsp3) is 0.133. The summed E-state index contributed by atoms with van der Waals surface area (Å²) < 4.78 is 0.943. The van der Waals surface area contributed by atoms with Gasteiger partial charge in [0.25, 0.3) is 5.56 Å². The molecule has 1 N–H and O–H groups in total. The summed E-state index contributed by atoms with van der Waals surface area (Å²) >= 11 is 0. The minimum atomic E-state index is -0.550. The van der Waals surface area contributed by atoms with Gasteiger partial charge in [-0.2, -0.15) is 15.6 Å². The Labute approximate surface area is 126 Å². The fourth-order valence-electron chi connectivity index (χ4n) is 1.83. The Bertz CT molecular complexity index is 896. The molecule has 0 bridgehead atoms. The molecule has 2 rings (SSSR count). The third-order valence-electron chi connectivity index (χ3n) is 3.15. The summed E-state index contributed by atoms with van der Waals surface area (Å²) in [6.07, 6.45) is 0. The van der Waals surface area contributed by atoms with Crippen molar-refractivity contribution in [3.8, 4) is 18.0 Å². The first kappa shape index (κ1) is 14.9. The maximum atomic E-state index is 12.1. The molecule has 0 radical (unpaired) electrons. The third kappa shape index (κ3) is 2.56. The second-order valence-corrected chi connectivity index (χ2v) is 4.51. The zero-order valence-electron chi connectivity index (χ0n) is 11.9. The van der Waals surface area contributed by atoms with Crippen LogP contribution < -0.4 is 5.56 Å². The van der Waals surface area contributed by atoms with E-state index in [2.05, 4.69) is 10.2 Å². The Kier molecular flexibility index (Phi) is 4.01. The van der Waals surface area contributed by atoms with Crippen LogP contribution >= 0.6 is 0 Å². The van der Waals surface area contributed by atoms with Crippen LogP contribution in [0, 0.1) is 29.6 Å². The van der Waals surface area contributed by atoms with Crippen molar-refractivity contribution in [2.24, 2.45) is 17.3 Å². The van der Waals surface area contributed by atoms with Crippen LogP contribution in [0.2, 0.25) is 0 Å². The largest absolute Gasteiger partial charge is 0.493 e. The molecule has 1 aromatic carbocycles. The van der Waals surface area contributed by atoms with Gasteiger partial charge in [0.1, 0.15) is 11.6 Å². The van der Waals surface area contributed by atoms with Gasteiger partial charge in [0.05, 0.1) is 17.3 Å². The predicted octanol–water partition coefficient (Wildman–Crippen LogP) is 2.56. The minimum absolute atomic E-state index is 0.0128. The third-order valence-corrected chi connectivity index (χ3v) is 3.15. The first-order valence-electron chi connectivity index (χ1n) is 6.24. The van der Waals surface area contributed by atoms with Crippen LogP contribution in [0.15, 0.2) is 39.3 Å². The Morgan fingerprint density at radius 1 is 1.14 bits per heavy atom. The normalized spacial score (nSPS) is 10.4. The number of nitrogens with zero attached hydrogens (tertiary/aromatic N) is 5. The zero-order valence-corrected chi connectivity index (χ0v) is 11.9. The molecular formula is C15H11N5O2. The monoisotopic (exact) mass is 293 g/mol. The number of hydrogen-bond acceptors (Lipinski definition) is 6. The van der Waals surface area contributed by atoms with Gasteiger partial charge in [0.15, 0.2) is 5.69 Å². The molecule has 0 saturated carbocycles. The Balaban J connectivity index is 2.52. The van der Waals surface area contributed by atoms with Crippen LogP contribution in [-0.4, -0.2) is 9.67 Å². The molecule has 1 heterocycles. The summed E-state index contributed by atoms with van der Waals surface area (Å²) in [5.41, 5.74) is 0.637. The summed E-state index contributed by atoms with van der Waals surface area (Å²) in [7, 11) is 1.35. The Morgan fingerprint density at radius 3 is 2.32 bits per heavy atom. The molecule has 0 aliphatic rings. The van der Waals surface area contributed by atoms with Crippen LogP contribution in [0.1, 0.15) is 16.7 Å². The van der Waals surface area contributed by atoms with Gasteiger partial charge >= 0.3 is 0 Å². The number of hydrogen-bond donors (Lipinski definition) is 1. The number of aromatic hydroxyl groups is 1. The van der Waals surface area contributed by atoms with Gasteiger partial charge in [0.2, 0.25) is 5.88 Å². The summed E-state index contributed by atoms with van der Waals surface area (Å²) in [6.45, 7) is 1.52. The van der Waals surface area contributed by atoms with E-state index in [0.29, 0.717) is 11.3 Å². The summed E-state index contributed by atoms with van der Waals surface area (Å²) in [5, 5.41) is 35.4. The highest BCUT2D eigenvalue weighted by molar-refractivity contribution is 5.56. The van der Waals surface area contributed by atoms with Gasteiger partial charge in [-0.3, -0.25) is 9.36 Å². The predicted molar refractivity (Wildman–Crippen MR) is 78.1 cm³/mol. The Hall–Kier alpha value is -3.45. The second-order valence-electron chi connectivity index (χ2n) is 4.51. The van der Waals surface area contributed by atoms with Crippen molar-refractivity contribution < 1.29 is 5.11 Å². The van der Waals surface area contributed by atoms with Gasteiger partial charge in [-0.05, 0) is 31.2 Å². The summed E-state index contributed by atoms with van der Waals surface area (Å²) in [6, 6.07) is 10.2.